The number of thiazole rings is 1. The summed E-state index contributed by atoms with van der Waals surface area (Å²) < 4.78 is 26.5. The monoisotopic (exact) mass is 429 g/mol. The molecular formula is C21H23N3O3S2. The quantitative estimate of drug-likeness (QED) is 0.604. The van der Waals surface area contributed by atoms with Gasteiger partial charge in [0.15, 0.2) is 5.13 Å². The molecular weight excluding hydrogens is 406 g/mol. The van der Waals surface area contributed by atoms with Gasteiger partial charge in [-0.05, 0) is 31.2 Å². The number of hydrogen-bond donors (Lipinski definition) is 1. The number of nitrogens with zero attached hydrogens (tertiary/aromatic N) is 2. The molecule has 0 fully saturated rings. The smallest absolute Gasteiger partial charge is 0.257 e. The van der Waals surface area contributed by atoms with Crippen molar-refractivity contribution in [2.24, 2.45) is 0 Å². The van der Waals surface area contributed by atoms with Crippen molar-refractivity contribution in [3.63, 3.8) is 0 Å². The second-order valence-electron chi connectivity index (χ2n) is 6.47. The fourth-order valence-corrected chi connectivity index (χ4v) is 5.02. The van der Waals surface area contributed by atoms with Crippen LogP contribution in [0, 0.1) is 6.92 Å². The third-order valence-electron chi connectivity index (χ3n) is 4.53. The van der Waals surface area contributed by atoms with Gasteiger partial charge in [-0.2, -0.15) is 4.31 Å². The molecule has 0 aliphatic carbocycles. The van der Waals surface area contributed by atoms with Crippen molar-refractivity contribution in [3.05, 3.63) is 65.0 Å². The summed E-state index contributed by atoms with van der Waals surface area (Å²) >= 11 is 1.34. The number of anilines is 1. The number of carbonyl (C=O) groups is 1. The molecule has 6 nitrogen and oxygen atoms in total. The zero-order valence-corrected chi connectivity index (χ0v) is 18.2. The fraction of sp³-hybridized carbons (Fsp3) is 0.238. The number of aryl methyl sites for hydroxylation is 1. The zero-order chi connectivity index (χ0) is 21.0. The molecule has 0 aliphatic rings. The molecule has 0 bridgehead atoms. The van der Waals surface area contributed by atoms with E-state index in [2.05, 4.69) is 10.3 Å². The lowest BCUT2D eigenvalue weighted by Crippen LogP contribution is -2.30. The van der Waals surface area contributed by atoms with Crippen LogP contribution in [-0.4, -0.2) is 36.7 Å². The highest BCUT2D eigenvalue weighted by Crippen LogP contribution is 2.25. The average Bonchev–Trinajstić information content (AvgIpc) is 3.17. The van der Waals surface area contributed by atoms with E-state index in [4.69, 9.17) is 0 Å². The van der Waals surface area contributed by atoms with E-state index in [1.54, 1.807) is 13.8 Å². The van der Waals surface area contributed by atoms with Gasteiger partial charge in [-0.25, -0.2) is 13.4 Å². The molecule has 0 saturated carbocycles. The zero-order valence-electron chi connectivity index (χ0n) is 16.5. The standard InChI is InChI=1S/C21H23N3O3S2/c1-4-24(5-2)29(26,27)18-12-10-17(11-13-18)20(25)23-21-22-19(14-28-21)16-8-6-15(3)7-9-16/h6-14H,4-5H2,1-3H3,(H,22,23,25). The Hall–Kier alpha value is -2.55. The van der Waals surface area contributed by atoms with Crippen LogP contribution in [0.15, 0.2) is 58.8 Å². The predicted molar refractivity (Wildman–Crippen MR) is 117 cm³/mol. The predicted octanol–water partition coefficient (Wildman–Crippen LogP) is 4.40. The highest BCUT2D eigenvalue weighted by atomic mass is 32.2. The second kappa shape index (κ2) is 8.86. The Morgan fingerprint density at radius 2 is 1.66 bits per heavy atom. The largest absolute Gasteiger partial charge is 0.298 e. The van der Waals surface area contributed by atoms with Gasteiger partial charge in [0, 0.05) is 29.6 Å². The molecule has 29 heavy (non-hydrogen) atoms. The Balaban J connectivity index is 1.72. The third kappa shape index (κ3) is 4.72. The van der Waals surface area contributed by atoms with Crippen LogP contribution in [0.5, 0.6) is 0 Å². The summed E-state index contributed by atoms with van der Waals surface area (Å²) in [6.07, 6.45) is 0. The molecule has 0 unspecified atom stereocenters. The first-order chi connectivity index (χ1) is 13.8. The maximum atomic E-state index is 12.5. The number of amides is 1. The summed E-state index contributed by atoms with van der Waals surface area (Å²) in [5.41, 5.74) is 3.32. The number of sulfonamides is 1. The van der Waals surface area contributed by atoms with E-state index in [-0.39, 0.29) is 10.8 Å². The summed E-state index contributed by atoms with van der Waals surface area (Å²) in [6, 6.07) is 14.0. The lowest BCUT2D eigenvalue weighted by molar-refractivity contribution is 0.102. The number of carbonyl (C=O) groups excluding carboxylic acids is 1. The first-order valence-electron chi connectivity index (χ1n) is 9.29. The molecule has 1 aromatic heterocycles. The van der Waals surface area contributed by atoms with Gasteiger partial charge in [-0.15, -0.1) is 11.3 Å². The van der Waals surface area contributed by atoms with E-state index in [9.17, 15) is 13.2 Å². The molecule has 0 saturated heterocycles. The Kier molecular flexibility index (Phi) is 6.46. The Bertz CT molecular complexity index is 1080. The van der Waals surface area contributed by atoms with Gasteiger partial charge in [0.25, 0.3) is 5.91 Å². The number of nitrogens with one attached hydrogen (secondary N) is 1. The van der Waals surface area contributed by atoms with Crippen LogP contribution in [0.3, 0.4) is 0 Å². The Morgan fingerprint density at radius 3 is 2.24 bits per heavy atom. The highest BCUT2D eigenvalue weighted by Gasteiger charge is 2.21. The first-order valence-corrected chi connectivity index (χ1v) is 11.6. The van der Waals surface area contributed by atoms with Crippen LogP contribution < -0.4 is 5.32 Å². The van der Waals surface area contributed by atoms with Crippen molar-refractivity contribution >= 4 is 32.4 Å². The van der Waals surface area contributed by atoms with Crippen LogP contribution in [0.2, 0.25) is 0 Å². The topological polar surface area (TPSA) is 79.4 Å². The van der Waals surface area contributed by atoms with E-state index >= 15 is 0 Å². The van der Waals surface area contributed by atoms with E-state index in [1.807, 2.05) is 36.6 Å². The van der Waals surface area contributed by atoms with Gasteiger partial charge in [0.2, 0.25) is 10.0 Å². The summed E-state index contributed by atoms with van der Waals surface area (Å²) in [4.78, 5) is 17.1. The summed E-state index contributed by atoms with van der Waals surface area (Å²) in [5, 5.41) is 5.15. The van der Waals surface area contributed by atoms with Crippen molar-refractivity contribution in [3.8, 4) is 11.3 Å². The van der Waals surface area contributed by atoms with Crippen LogP contribution in [-0.2, 0) is 10.0 Å². The van der Waals surface area contributed by atoms with Gasteiger partial charge in [0.1, 0.15) is 0 Å². The normalized spacial score (nSPS) is 11.6. The van der Waals surface area contributed by atoms with E-state index in [0.29, 0.717) is 23.8 Å². The molecule has 8 heteroatoms. The molecule has 3 aromatic rings. The molecule has 2 aromatic carbocycles. The molecule has 1 N–H and O–H groups in total. The molecule has 1 heterocycles. The number of aromatic nitrogens is 1. The maximum absolute atomic E-state index is 12.5. The summed E-state index contributed by atoms with van der Waals surface area (Å²) in [7, 11) is -3.54. The van der Waals surface area contributed by atoms with E-state index in [1.165, 1.54) is 45.5 Å². The van der Waals surface area contributed by atoms with Gasteiger partial charge in [-0.3, -0.25) is 10.1 Å². The molecule has 0 radical (unpaired) electrons. The van der Waals surface area contributed by atoms with Crippen LogP contribution >= 0.6 is 11.3 Å². The lowest BCUT2D eigenvalue weighted by Gasteiger charge is -2.18. The van der Waals surface area contributed by atoms with Crippen LogP contribution in [0.25, 0.3) is 11.3 Å². The minimum absolute atomic E-state index is 0.175. The number of hydrogen-bond acceptors (Lipinski definition) is 5. The van der Waals surface area contributed by atoms with Crippen LogP contribution in [0.1, 0.15) is 29.8 Å². The Labute approximate surface area is 175 Å². The average molecular weight is 430 g/mol. The van der Waals surface area contributed by atoms with Crippen LogP contribution in [0.4, 0.5) is 5.13 Å². The molecule has 0 aliphatic heterocycles. The minimum atomic E-state index is -3.54. The molecule has 0 spiro atoms. The number of rotatable bonds is 7. The van der Waals surface area contributed by atoms with Crippen molar-refractivity contribution in [1.29, 1.82) is 0 Å². The van der Waals surface area contributed by atoms with Gasteiger partial charge >= 0.3 is 0 Å². The second-order valence-corrected chi connectivity index (χ2v) is 9.27. The van der Waals surface area contributed by atoms with E-state index < -0.39 is 10.0 Å². The lowest BCUT2D eigenvalue weighted by atomic mass is 10.1. The van der Waals surface area contributed by atoms with Crippen molar-refractivity contribution in [2.75, 3.05) is 18.4 Å². The Morgan fingerprint density at radius 1 is 1.03 bits per heavy atom. The van der Waals surface area contributed by atoms with Crippen molar-refractivity contribution in [1.82, 2.24) is 9.29 Å². The van der Waals surface area contributed by atoms with Gasteiger partial charge < -0.3 is 0 Å². The van der Waals surface area contributed by atoms with Gasteiger partial charge in [-0.1, -0.05) is 43.7 Å². The third-order valence-corrected chi connectivity index (χ3v) is 7.35. The SMILES string of the molecule is CCN(CC)S(=O)(=O)c1ccc(C(=O)Nc2nc(-c3ccc(C)cc3)cs2)cc1. The van der Waals surface area contributed by atoms with Crippen molar-refractivity contribution in [2.45, 2.75) is 25.7 Å². The number of benzene rings is 2. The summed E-state index contributed by atoms with van der Waals surface area (Å²) in [6.45, 7) is 6.40. The van der Waals surface area contributed by atoms with E-state index in [0.717, 1.165) is 11.3 Å². The maximum Gasteiger partial charge on any atom is 0.257 e. The highest BCUT2D eigenvalue weighted by molar-refractivity contribution is 7.89. The van der Waals surface area contributed by atoms with Crippen molar-refractivity contribution < 1.29 is 13.2 Å². The first kappa shape index (κ1) is 21.2. The molecule has 3 rings (SSSR count). The molecule has 152 valence electrons. The molecule has 0 atom stereocenters. The molecule has 1 amide bonds. The fourth-order valence-electron chi connectivity index (χ4n) is 2.85. The summed E-state index contributed by atoms with van der Waals surface area (Å²) in [5.74, 6) is -0.332. The van der Waals surface area contributed by atoms with Gasteiger partial charge in [0.05, 0.1) is 10.6 Å². The minimum Gasteiger partial charge on any atom is -0.298 e.